The van der Waals surface area contributed by atoms with Gasteiger partial charge in [0, 0.05) is 13.1 Å². The summed E-state index contributed by atoms with van der Waals surface area (Å²) in [7, 11) is 0. The Hall–Kier alpha value is -2.24. The van der Waals surface area contributed by atoms with Crippen LogP contribution < -0.4 is 5.32 Å². The quantitative estimate of drug-likeness (QED) is 0.897. The van der Waals surface area contributed by atoms with Crippen molar-refractivity contribution in [3.8, 4) is 0 Å². The van der Waals surface area contributed by atoms with Crippen molar-refractivity contribution in [1.29, 1.82) is 0 Å². The molecule has 0 aliphatic rings. The number of hydrogen-bond donors (Lipinski definition) is 1. The van der Waals surface area contributed by atoms with Crippen molar-refractivity contribution < 1.29 is 4.79 Å². The molecule has 1 aromatic carbocycles. The first-order valence-corrected chi connectivity index (χ1v) is 6.80. The van der Waals surface area contributed by atoms with Gasteiger partial charge in [0.1, 0.15) is 11.6 Å². The molecule has 1 atom stereocenters. The summed E-state index contributed by atoms with van der Waals surface area (Å²) < 4.78 is 0. The summed E-state index contributed by atoms with van der Waals surface area (Å²) in [5, 5.41) is 11.1. The monoisotopic (exact) mass is 273 g/mol. The number of carbonyl (C=O) groups is 1. The molecule has 1 unspecified atom stereocenters. The normalized spacial score (nSPS) is 12.2. The summed E-state index contributed by atoms with van der Waals surface area (Å²) >= 11 is 0. The minimum absolute atomic E-state index is 0.0340. The average molecular weight is 273 g/mol. The number of nitrogens with zero attached hydrogens (tertiary/aromatic N) is 4. The molecular formula is C14H19N5O. The third-order valence-corrected chi connectivity index (χ3v) is 3.15. The van der Waals surface area contributed by atoms with Gasteiger partial charge in [-0.1, -0.05) is 12.1 Å². The Kier molecular flexibility index (Phi) is 4.45. The van der Waals surface area contributed by atoms with Crippen LogP contribution in [0.1, 0.15) is 20.8 Å². The lowest BCUT2D eigenvalue weighted by Gasteiger charge is -2.23. The number of anilines is 1. The van der Waals surface area contributed by atoms with Crippen molar-refractivity contribution in [2.45, 2.75) is 26.8 Å². The fraction of sp³-hybridized carbons (Fsp3) is 0.429. The molecule has 0 aliphatic carbocycles. The summed E-state index contributed by atoms with van der Waals surface area (Å²) in [4.78, 5) is 18.3. The highest BCUT2D eigenvalue weighted by molar-refractivity contribution is 5.84. The van der Waals surface area contributed by atoms with Crippen LogP contribution >= 0.6 is 0 Å². The lowest BCUT2D eigenvalue weighted by molar-refractivity contribution is -0.131. The van der Waals surface area contributed by atoms with Gasteiger partial charge in [-0.3, -0.25) is 4.79 Å². The van der Waals surface area contributed by atoms with E-state index in [4.69, 9.17) is 0 Å². The van der Waals surface area contributed by atoms with Crippen molar-refractivity contribution in [2.24, 2.45) is 0 Å². The highest BCUT2D eigenvalue weighted by Crippen LogP contribution is 2.10. The second-order valence-electron chi connectivity index (χ2n) is 4.50. The number of fused-ring (bicyclic) bond motifs is 1. The maximum atomic E-state index is 12.2. The second-order valence-corrected chi connectivity index (χ2v) is 4.50. The van der Waals surface area contributed by atoms with Crippen LogP contribution in [0.25, 0.3) is 11.0 Å². The molecule has 6 heteroatoms. The molecule has 2 rings (SSSR count). The number of carbonyl (C=O) groups excluding carboxylic acids is 1. The molecule has 0 spiro atoms. The van der Waals surface area contributed by atoms with Gasteiger partial charge in [-0.05, 0) is 32.9 Å². The van der Waals surface area contributed by atoms with Crippen LogP contribution in [-0.2, 0) is 4.79 Å². The third kappa shape index (κ3) is 3.01. The minimum Gasteiger partial charge on any atom is -0.341 e. The number of likely N-dealkylation sites (N-methyl/N-ethyl adjacent to an activating group) is 1. The highest BCUT2D eigenvalue weighted by atomic mass is 16.2. The van der Waals surface area contributed by atoms with Gasteiger partial charge in [-0.25, -0.2) is 4.98 Å². The fourth-order valence-electron chi connectivity index (χ4n) is 2.01. The van der Waals surface area contributed by atoms with E-state index in [-0.39, 0.29) is 11.9 Å². The Morgan fingerprint density at radius 2 is 1.85 bits per heavy atom. The fourth-order valence-corrected chi connectivity index (χ4v) is 2.01. The van der Waals surface area contributed by atoms with E-state index in [2.05, 4.69) is 20.5 Å². The van der Waals surface area contributed by atoms with Gasteiger partial charge in [0.05, 0.1) is 5.52 Å². The van der Waals surface area contributed by atoms with Gasteiger partial charge >= 0.3 is 0 Å². The average Bonchev–Trinajstić information content (AvgIpc) is 2.48. The van der Waals surface area contributed by atoms with E-state index < -0.39 is 0 Å². The van der Waals surface area contributed by atoms with Gasteiger partial charge in [-0.15, -0.1) is 10.2 Å². The zero-order valence-corrected chi connectivity index (χ0v) is 12.0. The first kappa shape index (κ1) is 14.2. The highest BCUT2D eigenvalue weighted by Gasteiger charge is 2.18. The number of nitrogens with one attached hydrogen (secondary N) is 1. The van der Waals surface area contributed by atoms with Crippen LogP contribution in [0.4, 0.5) is 5.95 Å². The van der Waals surface area contributed by atoms with Crippen LogP contribution in [-0.4, -0.2) is 45.1 Å². The van der Waals surface area contributed by atoms with E-state index in [1.165, 1.54) is 0 Å². The molecule has 0 fully saturated rings. The third-order valence-electron chi connectivity index (χ3n) is 3.15. The van der Waals surface area contributed by atoms with E-state index in [1.54, 1.807) is 11.8 Å². The summed E-state index contributed by atoms with van der Waals surface area (Å²) in [6, 6.07) is 7.12. The zero-order chi connectivity index (χ0) is 14.5. The molecule has 0 saturated carbocycles. The summed E-state index contributed by atoms with van der Waals surface area (Å²) in [5.74, 6) is 0.406. The van der Waals surface area contributed by atoms with E-state index in [0.29, 0.717) is 19.0 Å². The Labute approximate surface area is 118 Å². The van der Waals surface area contributed by atoms with Crippen LogP contribution in [0.2, 0.25) is 0 Å². The maximum Gasteiger partial charge on any atom is 0.244 e. The minimum atomic E-state index is -0.377. The van der Waals surface area contributed by atoms with Crippen molar-refractivity contribution in [1.82, 2.24) is 20.1 Å². The summed E-state index contributed by atoms with van der Waals surface area (Å²) in [6.07, 6.45) is 0. The van der Waals surface area contributed by atoms with E-state index >= 15 is 0 Å². The molecule has 0 bridgehead atoms. The molecule has 1 N–H and O–H groups in total. The molecule has 1 heterocycles. The first-order chi connectivity index (χ1) is 9.65. The van der Waals surface area contributed by atoms with Gasteiger partial charge < -0.3 is 10.2 Å². The number of hydrogen-bond acceptors (Lipinski definition) is 5. The molecular weight excluding hydrogens is 254 g/mol. The number of rotatable bonds is 5. The van der Waals surface area contributed by atoms with Gasteiger partial charge in [0.25, 0.3) is 0 Å². The summed E-state index contributed by atoms with van der Waals surface area (Å²) in [5.41, 5.74) is 1.49. The van der Waals surface area contributed by atoms with Crippen LogP contribution in [0, 0.1) is 0 Å². The molecule has 0 radical (unpaired) electrons. The predicted molar refractivity (Wildman–Crippen MR) is 78.3 cm³/mol. The maximum absolute atomic E-state index is 12.2. The molecule has 6 nitrogen and oxygen atoms in total. The number of aromatic nitrogens is 3. The predicted octanol–water partition coefficient (Wildman–Crippen LogP) is 1.69. The zero-order valence-electron chi connectivity index (χ0n) is 12.0. The van der Waals surface area contributed by atoms with Crippen LogP contribution in [0.15, 0.2) is 24.3 Å². The van der Waals surface area contributed by atoms with E-state index in [0.717, 1.165) is 11.0 Å². The molecule has 1 aromatic heterocycles. The van der Waals surface area contributed by atoms with Crippen molar-refractivity contribution in [2.75, 3.05) is 18.4 Å². The number of benzene rings is 1. The second kappa shape index (κ2) is 6.27. The van der Waals surface area contributed by atoms with Gasteiger partial charge in [0.2, 0.25) is 11.9 Å². The van der Waals surface area contributed by atoms with Gasteiger partial charge in [-0.2, -0.15) is 0 Å². The van der Waals surface area contributed by atoms with Gasteiger partial charge in [0.15, 0.2) is 0 Å². The standard InChI is InChI=1S/C14H19N5O/c1-4-19(5-2)13(20)10(3)15-14-16-11-8-6-7-9-12(11)17-18-14/h6-10H,4-5H2,1-3H3,(H,15,16,18). The number of amides is 1. The smallest absolute Gasteiger partial charge is 0.244 e. The molecule has 106 valence electrons. The first-order valence-electron chi connectivity index (χ1n) is 6.80. The van der Waals surface area contributed by atoms with Crippen LogP contribution in [0.5, 0.6) is 0 Å². The topological polar surface area (TPSA) is 71.0 Å². The van der Waals surface area contributed by atoms with Crippen molar-refractivity contribution in [3.05, 3.63) is 24.3 Å². The Bertz CT molecular complexity index is 597. The van der Waals surface area contributed by atoms with E-state index in [1.807, 2.05) is 38.1 Å². The van der Waals surface area contributed by atoms with Crippen molar-refractivity contribution >= 4 is 22.9 Å². The summed E-state index contributed by atoms with van der Waals surface area (Å²) in [6.45, 7) is 7.11. The Balaban J connectivity index is 2.13. The molecule has 2 aromatic rings. The Morgan fingerprint density at radius 1 is 1.20 bits per heavy atom. The number of para-hydroxylation sites is 1. The molecule has 0 saturated heterocycles. The van der Waals surface area contributed by atoms with E-state index in [9.17, 15) is 4.79 Å². The lowest BCUT2D eigenvalue weighted by Crippen LogP contribution is -2.41. The SMILES string of the molecule is CCN(CC)C(=O)C(C)Nc1nnc2ccccc2n1. The Morgan fingerprint density at radius 3 is 2.50 bits per heavy atom. The lowest BCUT2D eigenvalue weighted by atomic mass is 10.3. The molecule has 0 aliphatic heterocycles. The molecule has 20 heavy (non-hydrogen) atoms. The van der Waals surface area contributed by atoms with Crippen molar-refractivity contribution in [3.63, 3.8) is 0 Å². The largest absolute Gasteiger partial charge is 0.341 e. The molecule has 1 amide bonds. The van der Waals surface area contributed by atoms with Crippen LogP contribution in [0.3, 0.4) is 0 Å².